The van der Waals surface area contributed by atoms with Gasteiger partial charge in [-0.25, -0.2) is 0 Å². The molecule has 11 heavy (non-hydrogen) atoms. The highest BCUT2D eigenvalue weighted by molar-refractivity contribution is 5.48. The van der Waals surface area contributed by atoms with Crippen molar-refractivity contribution >= 4 is 6.29 Å². The monoisotopic (exact) mass is 159 g/mol. The van der Waals surface area contributed by atoms with Crippen LogP contribution in [0.4, 0.5) is 0 Å². The zero-order valence-corrected chi connectivity index (χ0v) is 8.02. The van der Waals surface area contributed by atoms with E-state index in [1.54, 1.807) is 0 Å². The van der Waals surface area contributed by atoms with Gasteiger partial charge in [0, 0.05) is 6.42 Å². The van der Waals surface area contributed by atoms with Crippen molar-refractivity contribution in [1.29, 1.82) is 0 Å². The second-order valence-corrected chi connectivity index (χ2v) is 3.97. The Kier molecular flexibility index (Phi) is 7.64. The van der Waals surface area contributed by atoms with Gasteiger partial charge in [0.1, 0.15) is 6.29 Å². The molecule has 0 fully saturated rings. The van der Waals surface area contributed by atoms with Gasteiger partial charge in [0.15, 0.2) is 0 Å². The average molecular weight is 159 g/mol. The zero-order valence-electron chi connectivity index (χ0n) is 8.02. The molecule has 2 heteroatoms. The number of carbonyl (C=O) groups is 1. The SMILES string of the molecule is CC(C)(C)CCCCC=O.N. The minimum absolute atomic E-state index is 0. The van der Waals surface area contributed by atoms with Gasteiger partial charge in [0.05, 0.1) is 0 Å². The van der Waals surface area contributed by atoms with Crippen LogP contribution in [0.2, 0.25) is 0 Å². The minimum atomic E-state index is 0. The molecule has 0 atom stereocenters. The van der Waals surface area contributed by atoms with Gasteiger partial charge in [-0.2, -0.15) is 0 Å². The van der Waals surface area contributed by atoms with Crippen molar-refractivity contribution in [3.05, 3.63) is 0 Å². The number of unbranched alkanes of at least 4 members (excludes halogenated alkanes) is 2. The van der Waals surface area contributed by atoms with Crippen LogP contribution < -0.4 is 6.15 Å². The molecule has 0 aliphatic rings. The molecule has 0 spiro atoms. The fraction of sp³-hybridized carbons (Fsp3) is 0.889. The molecule has 2 nitrogen and oxygen atoms in total. The highest BCUT2D eigenvalue weighted by atomic mass is 16.1. The highest BCUT2D eigenvalue weighted by Crippen LogP contribution is 2.21. The number of rotatable bonds is 4. The molecular weight excluding hydrogens is 138 g/mol. The zero-order chi connectivity index (χ0) is 8.04. The molecule has 0 heterocycles. The van der Waals surface area contributed by atoms with E-state index in [2.05, 4.69) is 20.8 Å². The average Bonchev–Trinajstić information content (AvgIpc) is 1.78. The number of hydrogen-bond donors (Lipinski definition) is 1. The molecular formula is C9H21NO. The van der Waals surface area contributed by atoms with E-state index >= 15 is 0 Å². The lowest BCUT2D eigenvalue weighted by molar-refractivity contribution is -0.107. The molecule has 0 rings (SSSR count). The fourth-order valence-corrected chi connectivity index (χ4v) is 0.883. The quantitative estimate of drug-likeness (QED) is 0.506. The maximum Gasteiger partial charge on any atom is 0.119 e. The number of carbonyl (C=O) groups excluding carboxylic acids is 1. The molecule has 0 radical (unpaired) electrons. The lowest BCUT2D eigenvalue weighted by Crippen LogP contribution is -2.03. The third kappa shape index (κ3) is 12.8. The van der Waals surface area contributed by atoms with Crippen molar-refractivity contribution in [3.8, 4) is 0 Å². The van der Waals surface area contributed by atoms with E-state index < -0.39 is 0 Å². The summed E-state index contributed by atoms with van der Waals surface area (Å²) in [6.45, 7) is 6.69. The summed E-state index contributed by atoms with van der Waals surface area (Å²) in [7, 11) is 0. The van der Waals surface area contributed by atoms with Gasteiger partial charge in [-0.05, 0) is 18.3 Å². The van der Waals surface area contributed by atoms with E-state index in [0.717, 1.165) is 19.1 Å². The van der Waals surface area contributed by atoms with Gasteiger partial charge in [-0.15, -0.1) is 0 Å². The van der Waals surface area contributed by atoms with Gasteiger partial charge in [0.2, 0.25) is 0 Å². The van der Waals surface area contributed by atoms with Crippen molar-refractivity contribution in [1.82, 2.24) is 6.15 Å². The third-order valence-corrected chi connectivity index (χ3v) is 1.50. The Morgan fingerprint density at radius 2 is 1.73 bits per heavy atom. The van der Waals surface area contributed by atoms with E-state index in [0.29, 0.717) is 5.41 Å². The maximum atomic E-state index is 9.93. The highest BCUT2D eigenvalue weighted by Gasteiger charge is 2.08. The summed E-state index contributed by atoms with van der Waals surface area (Å²) in [5, 5.41) is 0. The van der Waals surface area contributed by atoms with Gasteiger partial charge in [-0.1, -0.05) is 27.2 Å². The van der Waals surface area contributed by atoms with E-state index in [1.165, 1.54) is 12.8 Å². The van der Waals surface area contributed by atoms with Crippen LogP contribution in [0.1, 0.15) is 46.5 Å². The van der Waals surface area contributed by atoms with Crippen molar-refractivity contribution < 1.29 is 4.79 Å². The standard InChI is InChI=1S/C9H18O.H3N/c1-9(2,3)7-5-4-6-8-10;/h8H,4-7H2,1-3H3;1H3. The van der Waals surface area contributed by atoms with Crippen molar-refractivity contribution in [2.45, 2.75) is 46.5 Å². The van der Waals surface area contributed by atoms with Crippen molar-refractivity contribution in [2.75, 3.05) is 0 Å². The Balaban J connectivity index is 0. The van der Waals surface area contributed by atoms with Crippen LogP contribution in [0.25, 0.3) is 0 Å². The Labute approximate surface area is 70.0 Å². The Morgan fingerprint density at radius 1 is 1.18 bits per heavy atom. The second kappa shape index (κ2) is 6.35. The fourth-order valence-electron chi connectivity index (χ4n) is 0.883. The van der Waals surface area contributed by atoms with Crippen LogP contribution in [0.15, 0.2) is 0 Å². The van der Waals surface area contributed by atoms with Crippen LogP contribution in [-0.2, 0) is 4.79 Å². The van der Waals surface area contributed by atoms with E-state index in [9.17, 15) is 4.79 Å². The molecule has 0 aromatic carbocycles. The number of aldehydes is 1. The van der Waals surface area contributed by atoms with Crippen LogP contribution in [-0.4, -0.2) is 6.29 Å². The van der Waals surface area contributed by atoms with Crippen molar-refractivity contribution in [3.63, 3.8) is 0 Å². The van der Waals surface area contributed by atoms with Crippen LogP contribution >= 0.6 is 0 Å². The number of hydrogen-bond acceptors (Lipinski definition) is 2. The molecule has 0 bridgehead atoms. The topological polar surface area (TPSA) is 52.1 Å². The Hall–Kier alpha value is -0.370. The molecule has 68 valence electrons. The summed E-state index contributed by atoms with van der Waals surface area (Å²) in [6, 6.07) is 0. The molecule has 0 saturated carbocycles. The first-order chi connectivity index (χ1) is 4.56. The summed E-state index contributed by atoms with van der Waals surface area (Å²) < 4.78 is 0. The van der Waals surface area contributed by atoms with Gasteiger partial charge >= 0.3 is 0 Å². The van der Waals surface area contributed by atoms with Gasteiger partial charge in [0.25, 0.3) is 0 Å². The molecule has 0 unspecified atom stereocenters. The predicted octanol–water partition coefficient (Wildman–Crippen LogP) is 2.95. The Bertz CT molecular complexity index is 94.2. The lowest BCUT2D eigenvalue weighted by atomic mass is 9.90. The molecule has 0 aromatic heterocycles. The largest absolute Gasteiger partial charge is 0.344 e. The maximum absolute atomic E-state index is 9.93. The van der Waals surface area contributed by atoms with E-state index in [1.807, 2.05) is 0 Å². The van der Waals surface area contributed by atoms with Gasteiger partial charge in [-0.3, -0.25) is 0 Å². The third-order valence-electron chi connectivity index (χ3n) is 1.50. The molecule has 0 aliphatic heterocycles. The van der Waals surface area contributed by atoms with Gasteiger partial charge < -0.3 is 10.9 Å². The normalized spacial score (nSPS) is 10.5. The molecule has 0 aromatic rings. The van der Waals surface area contributed by atoms with E-state index in [-0.39, 0.29) is 6.15 Å². The first-order valence-electron chi connectivity index (χ1n) is 4.00. The predicted molar refractivity (Wildman–Crippen MR) is 49.0 cm³/mol. The van der Waals surface area contributed by atoms with Crippen LogP contribution in [0.5, 0.6) is 0 Å². The molecule has 0 aliphatic carbocycles. The van der Waals surface area contributed by atoms with Crippen LogP contribution in [0.3, 0.4) is 0 Å². The minimum Gasteiger partial charge on any atom is -0.344 e. The Morgan fingerprint density at radius 3 is 2.09 bits per heavy atom. The van der Waals surface area contributed by atoms with E-state index in [4.69, 9.17) is 0 Å². The molecule has 3 N–H and O–H groups in total. The summed E-state index contributed by atoms with van der Waals surface area (Å²) in [5.74, 6) is 0. The summed E-state index contributed by atoms with van der Waals surface area (Å²) in [5.41, 5.74) is 0.433. The first-order valence-corrected chi connectivity index (χ1v) is 4.00. The first kappa shape index (κ1) is 13.2. The second-order valence-electron chi connectivity index (χ2n) is 3.97. The molecule has 0 amide bonds. The molecule has 0 saturated heterocycles. The summed E-state index contributed by atoms with van der Waals surface area (Å²) in [6.07, 6.45) is 5.20. The van der Waals surface area contributed by atoms with Crippen LogP contribution in [0, 0.1) is 5.41 Å². The smallest absolute Gasteiger partial charge is 0.119 e. The van der Waals surface area contributed by atoms with Crippen molar-refractivity contribution in [2.24, 2.45) is 5.41 Å². The lowest BCUT2D eigenvalue weighted by Gasteiger charge is -2.16. The summed E-state index contributed by atoms with van der Waals surface area (Å²) >= 11 is 0. The summed E-state index contributed by atoms with van der Waals surface area (Å²) in [4.78, 5) is 9.93.